The van der Waals surface area contributed by atoms with E-state index < -0.39 is 0 Å². The van der Waals surface area contributed by atoms with E-state index in [4.69, 9.17) is 0 Å². The molecular formula is C16H16Ge. The molecule has 2 aromatic rings. The first-order valence-corrected chi connectivity index (χ1v) is 8.72. The summed E-state index contributed by atoms with van der Waals surface area (Å²) in [5.74, 6) is 0. The molecule has 84 valence electrons. The summed E-state index contributed by atoms with van der Waals surface area (Å²) in [6, 6.07) is 22.2. The number of hydrogen-bond acceptors (Lipinski definition) is 0. The molecule has 0 nitrogen and oxygen atoms in total. The van der Waals surface area contributed by atoms with Gasteiger partial charge in [-0.05, 0) is 0 Å². The van der Waals surface area contributed by atoms with Crippen LogP contribution in [0.4, 0.5) is 0 Å². The Labute approximate surface area is 110 Å². The fourth-order valence-corrected chi connectivity index (χ4v) is 6.67. The second kappa shape index (κ2) is 5.09. The van der Waals surface area contributed by atoms with Gasteiger partial charge in [-0.3, -0.25) is 0 Å². The first kappa shape index (κ1) is 11.1. The first-order valence-electron chi connectivity index (χ1n) is 6.29. The molecule has 0 aromatic heterocycles. The molecular weight excluding hydrogens is 265 g/mol. The SMILES string of the molecule is c1ccc([CH]2CC[CH](c3ccccc3)[Ge]2)cc1. The topological polar surface area (TPSA) is 0 Å². The molecule has 0 saturated carbocycles. The maximum atomic E-state index is 2.31. The predicted octanol–water partition coefficient (Wildman–Crippen LogP) is 3.97. The standard InChI is InChI=1S/C16H16Ge/c1-3-7-13(8-4-1)15-11-12-16(17-15)14-9-5-2-6-10-14/h1-10,15-16H,11-12H2. The number of benzene rings is 2. The van der Waals surface area contributed by atoms with E-state index in [0.717, 1.165) is 9.50 Å². The molecule has 1 saturated heterocycles. The van der Waals surface area contributed by atoms with Crippen LogP contribution in [0.15, 0.2) is 60.7 Å². The van der Waals surface area contributed by atoms with Gasteiger partial charge in [0.15, 0.2) is 0 Å². The van der Waals surface area contributed by atoms with Crippen LogP contribution in [0.5, 0.6) is 0 Å². The zero-order valence-electron chi connectivity index (χ0n) is 9.84. The molecule has 0 N–H and O–H groups in total. The van der Waals surface area contributed by atoms with Gasteiger partial charge in [-0.15, -0.1) is 0 Å². The summed E-state index contributed by atoms with van der Waals surface area (Å²) < 4.78 is 1.78. The molecule has 3 rings (SSSR count). The Balaban J connectivity index is 1.75. The summed E-state index contributed by atoms with van der Waals surface area (Å²) in [4.78, 5) is 0. The molecule has 1 fully saturated rings. The average Bonchev–Trinajstić information content (AvgIpc) is 2.90. The second-order valence-corrected chi connectivity index (χ2v) is 8.29. The molecule has 0 aliphatic carbocycles. The van der Waals surface area contributed by atoms with Crippen molar-refractivity contribution in [1.82, 2.24) is 0 Å². The van der Waals surface area contributed by atoms with Crippen LogP contribution >= 0.6 is 0 Å². The molecule has 2 radical (unpaired) electrons. The molecule has 0 spiro atoms. The maximum absolute atomic E-state index is 2.31. The van der Waals surface area contributed by atoms with Crippen LogP contribution in [0.1, 0.15) is 33.5 Å². The van der Waals surface area contributed by atoms with Crippen molar-refractivity contribution in [3.8, 4) is 0 Å². The molecule has 2 unspecified atom stereocenters. The van der Waals surface area contributed by atoms with E-state index in [1.165, 1.54) is 12.8 Å². The molecule has 2 atom stereocenters. The molecule has 1 aliphatic rings. The number of rotatable bonds is 2. The van der Waals surface area contributed by atoms with Crippen molar-refractivity contribution >= 4 is 15.4 Å². The van der Waals surface area contributed by atoms with E-state index in [0.29, 0.717) is 0 Å². The van der Waals surface area contributed by atoms with Crippen LogP contribution in [0.3, 0.4) is 0 Å². The minimum absolute atomic E-state index is 0.109. The van der Waals surface area contributed by atoms with Crippen molar-refractivity contribution in [2.75, 3.05) is 0 Å². The van der Waals surface area contributed by atoms with E-state index in [9.17, 15) is 0 Å². The van der Waals surface area contributed by atoms with E-state index in [1.807, 2.05) is 0 Å². The van der Waals surface area contributed by atoms with Crippen molar-refractivity contribution < 1.29 is 0 Å². The van der Waals surface area contributed by atoms with E-state index in [2.05, 4.69) is 60.7 Å². The molecule has 1 heterocycles. The zero-order valence-corrected chi connectivity index (χ0v) is 11.9. The summed E-state index contributed by atoms with van der Waals surface area (Å²) in [5, 5.41) is 0. The van der Waals surface area contributed by atoms with Gasteiger partial charge in [0.2, 0.25) is 0 Å². The summed E-state index contributed by atoms with van der Waals surface area (Å²) in [5.41, 5.74) is 3.15. The summed E-state index contributed by atoms with van der Waals surface area (Å²) in [6.07, 6.45) is 2.78. The van der Waals surface area contributed by atoms with Crippen molar-refractivity contribution in [1.29, 1.82) is 0 Å². The number of hydrogen-bond donors (Lipinski definition) is 0. The van der Waals surface area contributed by atoms with Gasteiger partial charge in [0, 0.05) is 0 Å². The monoisotopic (exact) mass is 282 g/mol. The predicted molar refractivity (Wildman–Crippen MR) is 73.4 cm³/mol. The van der Waals surface area contributed by atoms with Crippen LogP contribution in [-0.2, 0) is 0 Å². The van der Waals surface area contributed by atoms with Crippen LogP contribution in [0, 0.1) is 0 Å². The third-order valence-electron chi connectivity index (χ3n) is 3.55. The van der Waals surface area contributed by atoms with E-state index >= 15 is 0 Å². The Morgan fingerprint density at radius 2 is 1.06 bits per heavy atom. The Hall–Kier alpha value is -1.02. The van der Waals surface area contributed by atoms with Gasteiger partial charge < -0.3 is 0 Å². The summed E-state index contributed by atoms with van der Waals surface area (Å²) in [7, 11) is 0. The third kappa shape index (κ3) is 2.47. The fraction of sp³-hybridized carbons (Fsp3) is 0.250. The fourth-order valence-electron chi connectivity index (χ4n) is 2.64. The third-order valence-corrected chi connectivity index (χ3v) is 7.85. The van der Waals surface area contributed by atoms with Gasteiger partial charge in [-0.2, -0.15) is 0 Å². The van der Waals surface area contributed by atoms with Gasteiger partial charge >= 0.3 is 110 Å². The van der Waals surface area contributed by atoms with Crippen LogP contribution in [0.2, 0.25) is 0 Å². The van der Waals surface area contributed by atoms with Gasteiger partial charge in [0.1, 0.15) is 0 Å². The van der Waals surface area contributed by atoms with E-state index in [1.54, 1.807) is 11.1 Å². The Bertz CT molecular complexity index is 418. The molecule has 1 aliphatic heterocycles. The Morgan fingerprint density at radius 1 is 0.647 bits per heavy atom. The molecule has 1 heteroatoms. The second-order valence-electron chi connectivity index (χ2n) is 4.67. The zero-order chi connectivity index (χ0) is 11.5. The van der Waals surface area contributed by atoms with Gasteiger partial charge in [-0.1, -0.05) is 0 Å². The summed E-state index contributed by atoms with van der Waals surface area (Å²) in [6.45, 7) is 0. The first-order chi connectivity index (χ1) is 8.43. The van der Waals surface area contributed by atoms with Crippen LogP contribution in [0.25, 0.3) is 0 Å². The van der Waals surface area contributed by atoms with Gasteiger partial charge in [0.05, 0.1) is 0 Å². The normalized spacial score (nSPS) is 23.8. The van der Waals surface area contributed by atoms with Gasteiger partial charge in [-0.25, -0.2) is 0 Å². The Morgan fingerprint density at radius 3 is 1.47 bits per heavy atom. The minimum atomic E-state index is 0.109. The van der Waals surface area contributed by atoms with E-state index in [-0.39, 0.29) is 15.4 Å². The van der Waals surface area contributed by atoms with Gasteiger partial charge in [0.25, 0.3) is 0 Å². The molecule has 2 aromatic carbocycles. The van der Waals surface area contributed by atoms with Crippen LogP contribution in [-0.4, -0.2) is 15.4 Å². The van der Waals surface area contributed by atoms with Crippen molar-refractivity contribution in [2.24, 2.45) is 0 Å². The van der Waals surface area contributed by atoms with Crippen LogP contribution < -0.4 is 0 Å². The Kier molecular flexibility index (Phi) is 3.32. The molecule has 0 bridgehead atoms. The van der Waals surface area contributed by atoms with Crippen molar-refractivity contribution in [2.45, 2.75) is 22.3 Å². The van der Waals surface area contributed by atoms with Crippen molar-refractivity contribution in [3.63, 3.8) is 0 Å². The quantitative estimate of drug-likeness (QED) is 0.731. The van der Waals surface area contributed by atoms with Crippen molar-refractivity contribution in [3.05, 3.63) is 71.8 Å². The average molecular weight is 281 g/mol. The molecule has 0 amide bonds. The summed E-state index contributed by atoms with van der Waals surface area (Å²) >= 11 is 0.109. The molecule has 17 heavy (non-hydrogen) atoms.